The molecule has 0 aliphatic carbocycles. The number of aromatic nitrogens is 1. The molecule has 112 valence electrons. The fourth-order valence-corrected chi connectivity index (χ4v) is 2.90. The second-order valence-electron chi connectivity index (χ2n) is 5.32. The molecule has 0 saturated heterocycles. The average Bonchev–Trinajstić information content (AvgIpc) is 2.83. The van der Waals surface area contributed by atoms with E-state index in [1.165, 1.54) is 5.56 Å². The van der Waals surface area contributed by atoms with Gasteiger partial charge in [-0.1, -0.05) is 41.9 Å². The van der Waals surface area contributed by atoms with Crippen LogP contribution in [0.1, 0.15) is 11.1 Å². The molecule has 0 aliphatic heterocycles. The van der Waals surface area contributed by atoms with E-state index in [4.69, 9.17) is 16.7 Å². The zero-order chi connectivity index (χ0) is 15.5. The van der Waals surface area contributed by atoms with E-state index in [9.17, 15) is 4.79 Å². The maximum absolute atomic E-state index is 11.0. The van der Waals surface area contributed by atoms with Gasteiger partial charge in [0.2, 0.25) is 0 Å². The Morgan fingerprint density at radius 1 is 1.14 bits per heavy atom. The molecule has 3 nitrogen and oxygen atoms in total. The molecule has 3 rings (SSSR count). The third-order valence-corrected chi connectivity index (χ3v) is 3.99. The lowest BCUT2D eigenvalue weighted by Crippen LogP contribution is -2.01. The maximum atomic E-state index is 11.0. The van der Waals surface area contributed by atoms with Crippen molar-refractivity contribution in [1.29, 1.82) is 0 Å². The molecule has 1 N–H and O–H groups in total. The van der Waals surface area contributed by atoms with Gasteiger partial charge in [0.05, 0.1) is 6.42 Å². The molecule has 1 heterocycles. The molecule has 0 fully saturated rings. The Balaban J connectivity index is 1.93. The number of carbonyl (C=O) groups is 1. The third-order valence-electron chi connectivity index (χ3n) is 3.75. The van der Waals surface area contributed by atoms with Gasteiger partial charge in [0, 0.05) is 28.7 Å². The van der Waals surface area contributed by atoms with Crippen LogP contribution in [0.25, 0.3) is 10.9 Å². The van der Waals surface area contributed by atoms with Crippen LogP contribution >= 0.6 is 11.6 Å². The van der Waals surface area contributed by atoms with E-state index in [0.717, 1.165) is 29.4 Å². The van der Waals surface area contributed by atoms with E-state index in [1.54, 1.807) is 0 Å². The smallest absolute Gasteiger partial charge is 0.307 e. The number of fused-ring (bicyclic) bond motifs is 1. The number of benzene rings is 2. The summed E-state index contributed by atoms with van der Waals surface area (Å²) in [7, 11) is 0. The van der Waals surface area contributed by atoms with Gasteiger partial charge in [-0.15, -0.1) is 0 Å². The highest BCUT2D eigenvalue weighted by atomic mass is 35.5. The number of rotatable bonds is 5. The Morgan fingerprint density at radius 2 is 1.91 bits per heavy atom. The second kappa shape index (κ2) is 6.24. The van der Waals surface area contributed by atoms with Crippen LogP contribution in [0.2, 0.25) is 5.02 Å². The summed E-state index contributed by atoms with van der Waals surface area (Å²) in [6, 6.07) is 15.9. The van der Waals surface area contributed by atoms with Crippen molar-refractivity contribution in [2.75, 3.05) is 0 Å². The Hall–Kier alpha value is -2.26. The standard InChI is InChI=1S/C18H16ClNO2/c19-15-6-7-17-16(11-15)14(10-18(21)22)12-20(17)9-8-13-4-2-1-3-5-13/h1-7,11-12H,8-10H2,(H,21,22). The van der Waals surface area contributed by atoms with Gasteiger partial charge >= 0.3 is 5.97 Å². The number of hydrogen-bond donors (Lipinski definition) is 1. The van der Waals surface area contributed by atoms with E-state index < -0.39 is 5.97 Å². The molecule has 1 aromatic heterocycles. The van der Waals surface area contributed by atoms with E-state index >= 15 is 0 Å². The molecular formula is C18H16ClNO2. The Bertz CT molecular complexity index is 809. The minimum absolute atomic E-state index is 0.00911. The van der Waals surface area contributed by atoms with Crippen molar-refractivity contribution in [3.05, 3.63) is 70.9 Å². The average molecular weight is 314 g/mol. The molecular weight excluding hydrogens is 298 g/mol. The number of carboxylic acid groups (broad SMARTS) is 1. The largest absolute Gasteiger partial charge is 0.481 e. The van der Waals surface area contributed by atoms with Crippen molar-refractivity contribution in [3.8, 4) is 0 Å². The quantitative estimate of drug-likeness (QED) is 0.768. The van der Waals surface area contributed by atoms with Gasteiger partial charge in [0.15, 0.2) is 0 Å². The van der Waals surface area contributed by atoms with Gasteiger partial charge in [-0.2, -0.15) is 0 Å². The second-order valence-corrected chi connectivity index (χ2v) is 5.75. The summed E-state index contributed by atoms with van der Waals surface area (Å²) < 4.78 is 2.11. The first-order valence-corrected chi connectivity index (χ1v) is 7.54. The Morgan fingerprint density at radius 3 is 2.64 bits per heavy atom. The van der Waals surface area contributed by atoms with E-state index in [1.807, 2.05) is 42.6 Å². The number of carboxylic acids is 1. The van der Waals surface area contributed by atoms with Crippen molar-refractivity contribution in [2.45, 2.75) is 19.4 Å². The highest BCUT2D eigenvalue weighted by Gasteiger charge is 2.12. The molecule has 4 heteroatoms. The summed E-state index contributed by atoms with van der Waals surface area (Å²) in [5.74, 6) is -0.831. The third kappa shape index (κ3) is 3.15. The number of halogens is 1. The van der Waals surface area contributed by atoms with Crippen molar-refractivity contribution in [2.24, 2.45) is 0 Å². The fraction of sp³-hybridized carbons (Fsp3) is 0.167. The van der Waals surface area contributed by atoms with Crippen LogP contribution in [0.3, 0.4) is 0 Å². The molecule has 0 atom stereocenters. The molecule has 0 saturated carbocycles. The topological polar surface area (TPSA) is 42.2 Å². The van der Waals surface area contributed by atoms with Gasteiger partial charge < -0.3 is 9.67 Å². The van der Waals surface area contributed by atoms with E-state index in [-0.39, 0.29) is 6.42 Å². The Labute approximate surface area is 133 Å². The predicted octanol–water partition coefficient (Wildman–Crippen LogP) is 4.16. The zero-order valence-electron chi connectivity index (χ0n) is 12.0. The van der Waals surface area contributed by atoms with E-state index in [0.29, 0.717) is 5.02 Å². The van der Waals surface area contributed by atoms with Gasteiger partial charge in [-0.25, -0.2) is 0 Å². The van der Waals surface area contributed by atoms with Crippen LogP contribution in [-0.2, 0) is 24.2 Å². The fourth-order valence-electron chi connectivity index (χ4n) is 2.73. The highest BCUT2D eigenvalue weighted by Crippen LogP contribution is 2.26. The first kappa shape index (κ1) is 14.7. The molecule has 0 bridgehead atoms. The van der Waals surface area contributed by atoms with Gasteiger partial charge in [0.1, 0.15) is 0 Å². The molecule has 0 aliphatic rings. The number of nitrogens with zero attached hydrogens (tertiary/aromatic N) is 1. The summed E-state index contributed by atoms with van der Waals surface area (Å²) >= 11 is 6.05. The lowest BCUT2D eigenvalue weighted by Gasteiger charge is -2.05. The summed E-state index contributed by atoms with van der Waals surface area (Å²) in [5, 5.41) is 10.6. The molecule has 0 amide bonds. The molecule has 0 spiro atoms. The number of aryl methyl sites for hydroxylation is 2. The van der Waals surface area contributed by atoms with Crippen LogP contribution in [-0.4, -0.2) is 15.6 Å². The van der Waals surface area contributed by atoms with Crippen molar-refractivity contribution in [1.82, 2.24) is 4.57 Å². The van der Waals surface area contributed by atoms with E-state index in [2.05, 4.69) is 16.7 Å². The van der Waals surface area contributed by atoms with Gasteiger partial charge in [-0.3, -0.25) is 4.79 Å². The zero-order valence-corrected chi connectivity index (χ0v) is 12.8. The Kier molecular flexibility index (Phi) is 4.16. The molecule has 0 unspecified atom stereocenters. The first-order chi connectivity index (χ1) is 10.6. The minimum Gasteiger partial charge on any atom is -0.481 e. The lowest BCUT2D eigenvalue weighted by molar-refractivity contribution is -0.136. The van der Waals surface area contributed by atoms with Crippen LogP contribution < -0.4 is 0 Å². The minimum atomic E-state index is -0.831. The number of aliphatic carboxylic acids is 1. The monoisotopic (exact) mass is 313 g/mol. The highest BCUT2D eigenvalue weighted by molar-refractivity contribution is 6.31. The van der Waals surface area contributed by atoms with Crippen LogP contribution in [0.5, 0.6) is 0 Å². The number of hydrogen-bond acceptors (Lipinski definition) is 1. The molecule has 2 aromatic carbocycles. The SMILES string of the molecule is O=C(O)Cc1cn(CCc2ccccc2)c2ccc(Cl)cc12. The van der Waals surface area contributed by atoms with Crippen LogP contribution in [0.15, 0.2) is 54.7 Å². The first-order valence-electron chi connectivity index (χ1n) is 7.16. The summed E-state index contributed by atoms with van der Waals surface area (Å²) in [4.78, 5) is 11.0. The van der Waals surface area contributed by atoms with Crippen LogP contribution in [0, 0.1) is 0 Å². The lowest BCUT2D eigenvalue weighted by atomic mass is 10.1. The molecule has 22 heavy (non-hydrogen) atoms. The van der Waals surface area contributed by atoms with Crippen molar-refractivity contribution in [3.63, 3.8) is 0 Å². The van der Waals surface area contributed by atoms with Crippen molar-refractivity contribution >= 4 is 28.5 Å². The van der Waals surface area contributed by atoms with Gasteiger partial charge in [0.25, 0.3) is 0 Å². The summed E-state index contributed by atoms with van der Waals surface area (Å²) in [5.41, 5.74) is 3.09. The van der Waals surface area contributed by atoms with Crippen molar-refractivity contribution < 1.29 is 9.90 Å². The van der Waals surface area contributed by atoms with Crippen LogP contribution in [0.4, 0.5) is 0 Å². The molecule has 3 aromatic rings. The predicted molar refractivity (Wildman–Crippen MR) is 88.4 cm³/mol. The normalized spacial score (nSPS) is 11.0. The summed E-state index contributed by atoms with van der Waals surface area (Å²) in [6.07, 6.45) is 2.84. The maximum Gasteiger partial charge on any atom is 0.307 e. The summed E-state index contributed by atoms with van der Waals surface area (Å²) in [6.45, 7) is 0.807. The van der Waals surface area contributed by atoms with Gasteiger partial charge in [-0.05, 0) is 35.7 Å². The molecule has 0 radical (unpaired) electrons.